The van der Waals surface area contributed by atoms with E-state index in [1.54, 1.807) is 7.11 Å². The maximum atomic E-state index is 12.0. The minimum Gasteiger partial charge on any atom is -0.493 e. The van der Waals surface area contributed by atoms with Gasteiger partial charge in [-0.15, -0.1) is 10.2 Å². The number of benzene rings is 1. The number of methoxy groups -OCH3 is 1. The standard InChI is InChI=1S/C22H33N3O5S.C2H6/c1-16(29-15-22(2,3)23-19(26)7-6-13-27-4)12-14-28-18-10-8-17(9-11-18)20-24-25-21(30-20)31-5;1-2/h8-11,16H,6-7,12-15H2,1-5H3,(H,23,26);1-2H3. The molecule has 0 bridgehead atoms. The highest BCUT2D eigenvalue weighted by Crippen LogP contribution is 2.24. The van der Waals surface area contributed by atoms with Gasteiger partial charge in [-0.25, -0.2) is 0 Å². The Morgan fingerprint density at radius 2 is 1.88 bits per heavy atom. The monoisotopic (exact) mass is 481 g/mol. The molecule has 33 heavy (non-hydrogen) atoms. The number of carbonyl (C=O) groups is 1. The van der Waals surface area contributed by atoms with Crippen molar-refractivity contribution in [1.82, 2.24) is 15.5 Å². The molecule has 0 spiro atoms. The molecule has 0 radical (unpaired) electrons. The van der Waals surface area contributed by atoms with Crippen molar-refractivity contribution in [3.05, 3.63) is 24.3 Å². The van der Waals surface area contributed by atoms with Crippen LogP contribution in [-0.4, -0.2) is 60.9 Å². The Morgan fingerprint density at radius 3 is 2.48 bits per heavy atom. The minimum absolute atomic E-state index is 0.00676. The number of ether oxygens (including phenoxy) is 3. The lowest BCUT2D eigenvalue weighted by Gasteiger charge is -2.28. The molecule has 1 heterocycles. The molecule has 0 aliphatic carbocycles. The molecule has 9 heteroatoms. The number of nitrogens with zero attached hydrogens (tertiary/aromatic N) is 2. The fourth-order valence-corrected chi connectivity index (χ4v) is 3.02. The van der Waals surface area contributed by atoms with Crippen molar-refractivity contribution in [1.29, 1.82) is 0 Å². The number of aromatic nitrogens is 2. The van der Waals surface area contributed by atoms with Gasteiger partial charge in [0.1, 0.15) is 5.75 Å². The van der Waals surface area contributed by atoms with Crippen molar-refractivity contribution in [3.8, 4) is 17.2 Å². The van der Waals surface area contributed by atoms with E-state index in [-0.39, 0.29) is 12.0 Å². The van der Waals surface area contributed by atoms with E-state index in [4.69, 9.17) is 18.6 Å². The number of hydrogen-bond acceptors (Lipinski definition) is 8. The lowest BCUT2D eigenvalue weighted by molar-refractivity contribution is -0.124. The van der Waals surface area contributed by atoms with Crippen LogP contribution in [0, 0.1) is 0 Å². The maximum Gasteiger partial charge on any atom is 0.276 e. The molecule has 1 aromatic heterocycles. The van der Waals surface area contributed by atoms with E-state index in [1.165, 1.54) is 11.8 Å². The van der Waals surface area contributed by atoms with Crippen molar-refractivity contribution in [2.75, 3.05) is 33.2 Å². The molecule has 1 atom stereocenters. The largest absolute Gasteiger partial charge is 0.493 e. The van der Waals surface area contributed by atoms with Crippen molar-refractivity contribution in [2.45, 2.75) is 70.7 Å². The van der Waals surface area contributed by atoms with Gasteiger partial charge < -0.3 is 23.9 Å². The van der Waals surface area contributed by atoms with Gasteiger partial charge in [0, 0.05) is 32.1 Å². The Hall–Kier alpha value is -2.10. The Balaban J connectivity index is 0.00000265. The molecule has 2 rings (SSSR count). The van der Waals surface area contributed by atoms with Crippen LogP contribution in [0.1, 0.15) is 53.9 Å². The summed E-state index contributed by atoms with van der Waals surface area (Å²) in [5.41, 5.74) is 0.420. The van der Waals surface area contributed by atoms with Gasteiger partial charge in [-0.2, -0.15) is 0 Å². The molecule has 1 N–H and O–H groups in total. The van der Waals surface area contributed by atoms with Crippen LogP contribution in [0.4, 0.5) is 0 Å². The summed E-state index contributed by atoms with van der Waals surface area (Å²) in [5, 5.41) is 11.5. The highest BCUT2D eigenvalue weighted by Gasteiger charge is 2.21. The zero-order chi connectivity index (χ0) is 24.7. The molecule has 0 aliphatic rings. The second kappa shape index (κ2) is 15.7. The van der Waals surface area contributed by atoms with Gasteiger partial charge in [-0.1, -0.05) is 25.6 Å². The van der Waals surface area contributed by atoms with Gasteiger partial charge in [-0.3, -0.25) is 4.79 Å². The van der Waals surface area contributed by atoms with E-state index in [0.717, 1.165) is 17.7 Å². The third-order valence-corrected chi connectivity index (χ3v) is 4.95. The number of rotatable bonds is 14. The predicted molar refractivity (Wildman–Crippen MR) is 132 cm³/mol. The summed E-state index contributed by atoms with van der Waals surface area (Å²) in [6, 6.07) is 7.55. The predicted octanol–water partition coefficient (Wildman–Crippen LogP) is 4.98. The van der Waals surface area contributed by atoms with Gasteiger partial charge in [0.2, 0.25) is 11.8 Å². The Morgan fingerprint density at radius 1 is 1.18 bits per heavy atom. The summed E-state index contributed by atoms with van der Waals surface area (Å²) in [7, 11) is 1.63. The third-order valence-electron chi connectivity index (χ3n) is 4.43. The lowest BCUT2D eigenvalue weighted by atomic mass is 10.1. The molecular formula is C24H39N3O5S. The van der Waals surface area contributed by atoms with Gasteiger partial charge in [0.05, 0.1) is 24.9 Å². The normalized spacial score (nSPS) is 12.0. The van der Waals surface area contributed by atoms with Crippen LogP contribution in [0.2, 0.25) is 0 Å². The van der Waals surface area contributed by atoms with Crippen LogP contribution in [0.3, 0.4) is 0 Å². The number of nitrogens with one attached hydrogen (secondary N) is 1. The average Bonchev–Trinajstić information content (AvgIpc) is 3.29. The van der Waals surface area contributed by atoms with E-state index in [0.29, 0.717) is 43.8 Å². The number of hydrogen-bond donors (Lipinski definition) is 1. The fraction of sp³-hybridized carbons (Fsp3) is 0.625. The van der Waals surface area contributed by atoms with E-state index >= 15 is 0 Å². The van der Waals surface area contributed by atoms with Crippen molar-refractivity contribution in [3.63, 3.8) is 0 Å². The van der Waals surface area contributed by atoms with Crippen LogP contribution in [0.5, 0.6) is 5.75 Å². The number of amides is 1. The molecule has 0 saturated carbocycles. The van der Waals surface area contributed by atoms with E-state index < -0.39 is 5.54 Å². The SMILES string of the molecule is CC.COCCCC(=O)NC(C)(C)COC(C)CCOc1ccc(-c2nnc(SC)o2)cc1. The minimum atomic E-state index is -0.431. The van der Waals surface area contributed by atoms with Crippen LogP contribution >= 0.6 is 11.8 Å². The number of carbonyl (C=O) groups excluding carboxylic acids is 1. The summed E-state index contributed by atoms with van der Waals surface area (Å²) in [5.74, 6) is 1.27. The molecule has 1 amide bonds. The smallest absolute Gasteiger partial charge is 0.276 e. The van der Waals surface area contributed by atoms with Crippen LogP contribution in [0.15, 0.2) is 33.9 Å². The first kappa shape index (κ1) is 28.9. The van der Waals surface area contributed by atoms with Crippen LogP contribution < -0.4 is 10.1 Å². The molecule has 0 saturated heterocycles. The highest BCUT2D eigenvalue weighted by molar-refractivity contribution is 7.98. The summed E-state index contributed by atoms with van der Waals surface area (Å²) in [6.45, 7) is 11.5. The average molecular weight is 482 g/mol. The van der Waals surface area contributed by atoms with Gasteiger partial charge in [0.15, 0.2) is 0 Å². The molecule has 2 aromatic rings. The summed E-state index contributed by atoms with van der Waals surface area (Å²) < 4.78 is 22.2. The van der Waals surface area contributed by atoms with Crippen molar-refractivity contribution in [2.24, 2.45) is 0 Å². The second-order valence-corrected chi connectivity index (χ2v) is 8.65. The first-order valence-electron chi connectivity index (χ1n) is 11.4. The van der Waals surface area contributed by atoms with Crippen molar-refractivity contribution >= 4 is 17.7 Å². The van der Waals surface area contributed by atoms with Crippen molar-refractivity contribution < 1.29 is 23.4 Å². The summed E-state index contributed by atoms with van der Waals surface area (Å²) >= 11 is 1.41. The first-order valence-corrected chi connectivity index (χ1v) is 12.6. The summed E-state index contributed by atoms with van der Waals surface area (Å²) in [4.78, 5) is 12.0. The molecule has 186 valence electrons. The van der Waals surface area contributed by atoms with E-state index in [9.17, 15) is 4.79 Å². The lowest BCUT2D eigenvalue weighted by Crippen LogP contribution is -2.47. The molecular weight excluding hydrogens is 442 g/mol. The zero-order valence-corrected chi connectivity index (χ0v) is 21.8. The summed E-state index contributed by atoms with van der Waals surface area (Å²) in [6.07, 6.45) is 3.79. The molecule has 1 unspecified atom stereocenters. The van der Waals surface area contributed by atoms with Gasteiger partial charge in [-0.05, 0) is 57.7 Å². The third kappa shape index (κ3) is 11.5. The van der Waals surface area contributed by atoms with Gasteiger partial charge >= 0.3 is 0 Å². The molecule has 0 fully saturated rings. The topological polar surface area (TPSA) is 95.7 Å². The number of thioether (sulfide) groups is 1. The van der Waals surface area contributed by atoms with Crippen LogP contribution in [-0.2, 0) is 14.3 Å². The Labute approximate surface area is 202 Å². The van der Waals surface area contributed by atoms with E-state index in [2.05, 4.69) is 15.5 Å². The first-order chi connectivity index (χ1) is 15.8. The van der Waals surface area contributed by atoms with Gasteiger partial charge in [0.25, 0.3) is 5.22 Å². The second-order valence-electron chi connectivity index (χ2n) is 7.89. The fourth-order valence-electron chi connectivity index (χ4n) is 2.73. The zero-order valence-electron chi connectivity index (χ0n) is 21.0. The maximum absolute atomic E-state index is 12.0. The molecule has 0 aliphatic heterocycles. The quantitative estimate of drug-likeness (QED) is 0.298. The highest BCUT2D eigenvalue weighted by atomic mass is 32.2. The molecule has 8 nitrogen and oxygen atoms in total. The van der Waals surface area contributed by atoms with E-state index in [1.807, 2.05) is 65.1 Å². The Kier molecular flexibility index (Phi) is 13.8. The molecule has 1 aromatic carbocycles. The van der Waals surface area contributed by atoms with Crippen LogP contribution in [0.25, 0.3) is 11.5 Å². The Bertz CT molecular complexity index is 796.